The number of nitrogens with one attached hydrogen (secondary N) is 1. The summed E-state index contributed by atoms with van der Waals surface area (Å²) in [5, 5.41) is 5.16. The Kier molecular flexibility index (Phi) is 35.0. The van der Waals surface area contributed by atoms with Gasteiger partial charge in [0.05, 0.1) is 54.6 Å². The number of rotatable bonds is 17. The van der Waals surface area contributed by atoms with E-state index in [9.17, 15) is 65.9 Å². The van der Waals surface area contributed by atoms with Gasteiger partial charge in [-0.15, -0.1) is 24.2 Å². The van der Waals surface area contributed by atoms with Crippen LogP contribution >= 0.6 is 93.9 Å². The Morgan fingerprint density at radius 3 is 1.38 bits per heavy atom. The van der Waals surface area contributed by atoms with E-state index in [1.165, 1.54) is 73.0 Å². The Morgan fingerprint density at radius 1 is 0.550 bits per heavy atom. The van der Waals surface area contributed by atoms with Crippen LogP contribution in [-0.2, 0) is 65.4 Å². The molecule has 10 heterocycles. The van der Waals surface area contributed by atoms with Crippen LogP contribution in [0.5, 0.6) is 0 Å². The topological polar surface area (TPSA) is 247 Å². The van der Waals surface area contributed by atoms with Crippen LogP contribution in [0.2, 0.25) is 20.1 Å². The summed E-state index contributed by atoms with van der Waals surface area (Å²) in [6.07, 6.45) is 1.41. The van der Waals surface area contributed by atoms with Crippen LogP contribution in [0, 0.1) is 19.8 Å². The molecule has 0 bridgehead atoms. The zero-order valence-corrected chi connectivity index (χ0v) is 65.6. The second-order valence-corrected chi connectivity index (χ2v) is 31.1. The summed E-state index contributed by atoms with van der Waals surface area (Å²) in [5.74, 6) is -1.73. The maximum Gasteiger partial charge on any atom is 0.451 e. The third-order valence-corrected chi connectivity index (χ3v) is 21.3. The lowest BCUT2D eigenvalue weighted by molar-refractivity contribution is -0.145. The second kappa shape index (κ2) is 42.2. The van der Waals surface area contributed by atoms with E-state index in [1.54, 1.807) is 50.1 Å². The highest BCUT2D eigenvalue weighted by Gasteiger charge is 2.49. The van der Waals surface area contributed by atoms with Crippen molar-refractivity contribution in [3.8, 4) is 22.5 Å². The van der Waals surface area contributed by atoms with Crippen LogP contribution in [0.3, 0.4) is 0 Å². The third kappa shape index (κ3) is 28.3. The first kappa shape index (κ1) is 90.4. The number of Topliss-reactive ketones (excluding diaryl/α,β-unsaturated/α-hetero) is 2. The lowest BCUT2D eigenvalue weighted by Gasteiger charge is -2.26. The Morgan fingerprint density at radius 2 is 0.991 bits per heavy atom. The maximum atomic E-state index is 14.7. The van der Waals surface area contributed by atoms with Crippen LogP contribution in [0.15, 0.2) is 198 Å². The fourth-order valence-corrected chi connectivity index (χ4v) is 14.0. The van der Waals surface area contributed by atoms with Crippen molar-refractivity contribution in [2.75, 3.05) is 0 Å². The van der Waals surface area contributed by atoms with Crippen molar-refractivity contribution in [3.05, 3.63) is 254 Å². The van der Waals surface area contributed by atoms with Gasteiger partial charge in [-0.05, 0) is 135 Å². The third-order valence-electron chi connectivity index (χ3n) is 15.9. The molecule has 6 atom stereocenters. The van der Waals surface area contributed by atoms with Crippen molar-refractivity contribution < 1.29 is 65.9 Å². The number of aromatic nitrogens is 10. The number of thiol groups is 1. The monoisotopic (exact) mass is 1700 g/mol. The minimum Gasteiger partial charge on any atom is -0.302 e. The quantitative estimate of drug-likeness (QED) is 0.0283. The fourth-order valence-electron chi connectivity index (χ4n) is 10.1. The average molecular weight is 1710 g/mol. The smallest absolute Gasteiger partial charge is 0.302 e. The zero-order chi connectivity index (χ0) is 79.1. The number of nitrogens with zero attached hydrogens (tertiary/aromatic N) is 11. The molecule has 12 rings (SSSR count). The summed E-state index contributed by atoms with van der Waals surface area (Å²) >= 11 is 28.2. The number of halogens is 15. The summed E-state index contributed by atoms with van der Waals surface area (Å²) in [6, 6.07) is 32.4. The highest BCUT2D eigenvalue weighted by atomic mass is 35.7. The number of hydrogen-bond acceptors (Lipinski definition) is 19. The van der Waals surface area contributed by atoms with Crippen molar-refractivity contribution in [2.24, 2.45) is 0 Å². The molecule has 580 valence electrons. The Hall–Kier alpha value is -7.53. The molecule has 2 saturated heterocycles. The van der Waals surface area contributed by atoms with Gasteiger partial charge in [0, 0.05) is 127 Å². The van der Waals surface area contributed by atoms with Crippen molar-refractivity contribution in [1.82, 2.24) is 59.5 Å². The minimum absolute atomic E-state index is 0. The molecule has 1 N–H and O–H groups in total. The summed E-state index contributed by atoms with van der Waals surface area (Å²) < 4.78 is 165. The van der Waals surface area contributed by atoms with E-state index in [-0.39, 0.29) is 77.0 Å². The number of pyridine rings is 6. The molecule has 37 heteroatoms. The lowest BCUT2D eigenvalue weighted by Crippen LogP contribution is -2.45. The molecule has 0 spiro atoms. The van der Waals surface area contributed by atoms with E-state index in [1.807, 2.05) is 55.5 Å². The van der Waals surface area contributed by atoms with E-state index in [0.29, 0.717) is 49.6 Å². The summed E-state index contributed by atoms with van der Waals surface area (Å²) in [5.41, 5.74) is 7.01. The largest absolute Gasteiger partial charge is 0.451 e. The van der Waals surface area contributed by atoms with Crippen molar-refractivity contribution in [1.29, 1.82) is 0 Å². The number of sulfonamides is 1. The van der Waals surface area contributed by atoms with Gasteiger partial charge in [0.15, 0.2) is 15.8 Å². The molecule has 10 aromatic rings. The number of carbonyl (C=O) groups excluding carboxylic acids is 2. The number of thioether (sulfide) groups is 1. The maximum absolute atomic E-state index is 14.7. The van der Waals surface area contributed by atoms with E-state index in [0.717, 1.165) is 62.9 Å². The molecule has 8 aromatic heterocycles. The molecule has 0 radical (unpaired) electrons. The van der Waals surface area contributed by atoms with Crippen LogP contribution in [0.25, 0.3) is 22.5 Å². The minimum atomic E-state index is -4.67. The van der Waals surface area contributed by atoms with Crippen LogP contribution in [0.1, 0.15) is 84.6 Å². The van der Waals surface area contributed by atoms with Crippen LogP contribution in [0.4, 0.5) is 39.5 Å². The number of ketones is 2. The predicted octanol–water partition coefficient (Wildman–Crippen LogP) is 18.2. The average Bonchev–Trinajstić information content (AvgIpc) is 1.63. The van der Waals surface area contributed by atoms with Crippen LogP contribution in [-0.4, -0.2) is 119 Å². The van der Waals surface area contributed by atoms with Gasteiger partial charge in [0.2, 0.25) is 17.6 Å². The molecule has 0 amide bonds. The number of aryl methyl sites for hydroxylation is 4. The van der Waals surface area contributed by atoms with Gasteiger partial charge < -0.3 is 5.32 Å². The number of alkyl halides is 8. The predicted molar refractivity (Wildman–Crippen MR) is 407 cm³/mol. The molecular formula is C72H67Cl6F9N12O6S4. The first-order valence-electron chi connectivity index (χ1n) is 32.2. The zero-order valence-electron chi connectivity index (χ0n) is 57.7. The van der Waals surface area contributed by atoms with Gasteiger partial charge in [0.1, 0.15) is 18.1 Å². The standard InChI is InChI=1S/C24H22ClF4N5O3S.C19H20F4N4O.C12H10ClNS.C7H8S.C5H3Cl2NO2S.C5H3ClFN.ClH/c1-13-9-30-19(16-10-32-23(33-11-16)24(27,28)29)7-15(13)3-5-21(35)20-8-18(26)14(2)34(20)38(36,37)22-6-4-17(25)12-31-22;1-10-7-24-15(13-8-25-18(26-9-13)19(21,22)23)5-12(10)3-4-17(28)16-6-14(20)11(2)27-16;13-11-6-7-12(14-8-11)15-9-10-4-2-1-3-5-10;8-6-7-4-2-1-3-5-7;6-4-1-2-5(8-3-4)11(7,9)10;6-4-1-2-5(7)8-3-4;/h4,6-7,9-12,14,18,20H,3,5,8H2,1-2H3;5,7-9,11,14,16,27H,3-4,6H2,1-2H3;1-8H,9H2;1-5,8H,6H2;1-3H;1-3H;1H/t14-,18+,20-;11-,14+,16-;;;;;/m00...../s1. The Bertz CT molecular complexity index is 4770. The highest BCUT2D eigenvalue weighted by molar-refractivity contribution is 8.13. The number of benzene rings is 2. The SMILES string of the molecule is Cc1cnc(-c2cnc(C(F)(F)F)nc2)cc1CCC(=O)[C@@H]1C[C@@H](F)[C@H](C)N1.Cc1cnc(-c2cnc(C(F)(F)F)nc2)cc1CCC(=O)[C@@H]1C[C@@H](F)[C@H](C)N1S(=O)(=O)c1ccc(Cl)cn1.Cl.Clc1ccc(SCc2ccccc2)nc1.Fc1ccc(Cl)cn1.O=S(=O)(Cl)c1ccc(Cl)cn1.SCc1ccccc1. The van der Waals surface area contributed by atoms with E-state index in [2.05, 4.69) is 92.1 Å². The molecule has 0 saturated carbocycles. The molecule has 2 fully saturated rings. The van der Waals surface area contributed by atoms with Gasteiger partial charge in [0.25, 0.3) is 19.1 Å². The fraction of sp³-hybridized carbons (Fsp3) is 0.278. The first-order valence-corrected chi connectivity index (χ1v) is 39.1. The highest BCUT2D eigenvalue weighted by Crippen LogP contribution is 2.35. The number of hydrogen-bond donors (Lipinski definition) is 2. The van der Waals surface area contributed by atoms with E-state index in [4.69, 9.17) is 57.1 Å². The van der Waals surface area contributed by atoms with Crippen LogP contribution < -0.4 is 5.32 Å². The second-order valence-electron chi connectivity index (χ2n) is 23.7. The Labute approximate surface area is 663 Å². The summed E-state index contributed by atoms with van der Waals surface area (Å²) in [4.78, 5) is 62.2. The molecule has 109 heavy (non-hydrogen) atoms. The van der Waals surface area contributed by atoms with E-state index < -0.39 is 85.3 Å². The summed E-state index contributed by atoms with van der Waals surface area (Å²) in [6.45, 7) is 6.70. The van der Waals surface area contributed by atoms with Gasteiger partial charge in [-0.25, -0.2) is 65.5 Å². The molecule has 18 nitrogen and oxygen atoms in total. The lowest BCUT2D eigenvalue weighted by atomic mass is 9.99. The van der Waals surface area contributed by atoms with Gasteiger partial charge in [-0.3, -0.25) is 19.6 Å². The van der Waals surface area contributed by atoms with Crippen molar-refractivity contribution in [3.63, 3.8) is 0 Å². The summed E-state index contributed by atoms with van der Waals surface area (Å²) in [7, 11) is -3.02. The molecular weight excluding hydrogens is 1640 g/mol. The first-order chi connectivity index (χ1) is 51.0. The normalized spacial score (nSPS) is 16.8. The van der Waals surface area contributed by atoms with E-state index >= 15 is 0 Å². The molecule has 2 aliphatic rings. The van der Waals surface area contributed by atoms with Gasteiger partial charge in [-0.2, -0.15) is 47.7 Å². The van der Waals surface area contributed by atoms with Gasteiger partial charge >= 0.3 is 12.4 Å². The van der Waals surface area contributed by atoms with Crippen molar-refractivity contribution in [2.45, 2.75) is 142 Å². The Balaban J connectivity index is 0.000000226. The van der Waals surface area contributed by atoms with Crippen molar-refractivity contribution >= 4 is 125 Å². The molecule has 0 unspecified atom stereocenters. The molecule has 2 aromatic carbocycles. The number of carbonyl (C=O) groups is 2. The molecule has 2 aliphatic heterocycles. The molecule has 0 aliphatic carbocycles. The van der Waals surface area contributed by atoms with Gasteiger partial charge in [-0.1, -0.05) is 107 Å².